The van der Waals surface area contributed by atoms with E-state index in [9.17, 15) is 9.59 Å². The molecule has 3 aromatic rings. The molecule has 0 saturated heterocycles. The highest BCUT2D eigenvalue weighted by atomic mass is 16.2. The van der Waals surface area contributed by atoms with Crippen molar-refractivity contribution in [1.82, 2.24) is 10.2 Å². The van der Waals surface area contributed by atoms with E-state index in [0.29, 0.717) is 13.1 Å². The molecule has 0 bridgehead atoms. The van der Waals surface area contributed by atoms with Crippen molar-refractivity contribution in [2.24, 2.45) is 0 Å². The number of amides is 3. The van der Waals surface area contributed by atoms with Crippen molar-refractivity contribution in [1.29, 1.82) is 0 Å². The Morgan fingerprint density at radius 3 is 2.48 bits per heavy atom. The Bertz CT molecular complexity index is 1040. The average Bonchev–Trinajstić information content (AvgIpc) is 3.15. The van der Waals surface area contributed by atoms with Gasteiger partial charge in [-0.1, -0.05) is 54.6 Å². The van der Waals surface area contributed by atoms with Gasteiger partial charge in [0.25, 0.3) is 0 Å². The summed E-state index contributed by atoms with van der Waals surface area (Å²) in [6, 6.07) is 20.0. The molecule has 0 fully saturated rings. The monoisotopic (exact) mass is 387 g/mol. The van der Waals surface area contributed by atoms with Gasteiger partial charge in [-0.3, -0.25) is 4.79 Å². The van der Waals surface area contributed by atoms with Gasteiger partial charge in [-0.2, -0.15) is 0 Å². The number of nitrogens with one attached hydrogen (secondary N) is 2. The minimum atomic E-state index is -0.188. The first-order valence-corrected chi connectivity index (χ1v) is 9.98. The molecular formula is C24H25N3O2. The molecule has 0 aliphatic heterocycles. The van der Waals surface area contributed by atoms with Crippen molar-refractivity contribution >= 4 is 28.4 Å². The third-order valence-electron chi connectivity index (χ3n) is 5.39. The fourth-order valence-electron chi connectivity index (χ4n) is 3.92. The van der Waals surface area contributed by atoms with Gasteiger partial charge < -0.3 is 15.5 Å². The highest BCUT2D eigenvalue weighted by Gasteiger charge is 2.16. The minimum absolute atomic E-state index is 0.102. The van der Waals surface area contributed by atoms with Gasteiger partial charge in [0, 0.05) is 37.6 Å². The van der Waals surface area contributed by atoms with E-state index in [2.05, 4.69) is 28.8 Å². The summed E-state index contributed by atoms with van der Waals surface area (Å²) in [6.45, 7) is 0.824. The molecular weight excluding hydrogens is 362 g/mol. The van der Waals surface area contributed by atoms with E-state index in [4.69, 9.17) is 0 Å². The van der Waals surface area contributed by atoms with Crippen LogP contribution in [-0.4, -0.2) is 30.4 Å². The summed E-state index contributed by atoms with van der Waals surface area (Å²) >= 11 is 0. The van der Waals surface area contributed by atoms with Gasteiger partial charge in [0.15, 0.2) is 0 Å². The summed E-state index contributed by atoms with van der Waals surface area (Å²) in [7, 11) is 1.75. The van der Waals surface area contributed by atoms with E-state index in [1.807, 2.05) is 42.5 Å². The van der Waals surface area contributed by atoms with E-state index in [0.717, 1.165) is 29.5 Å². The zero-order valence-electron chi connectivity index (χ0n) is 16.6. The van der Waals surface area contributed by atoms with Gasteiger partial charge in [-0.15, -0.1) is 0 Å². The second-order valence-electron chi connectivity index (χ2n) is 7.48. The van der Waals surface area contributed by atoms with Crippen LogP contribution in [0.1, 0.15) is 23.1 Å². The Morgan fingerprint density at radius 2 is 1.69 bits per heavy atom. The van der Waals surface area contributed by atoms with Crippen LogP contribution in [0.4, 0.5) is 10.5 Å². The number of urea groups is 1. The second kappa shape index (κ2) is 8.35. The average molecular weight is 387 g/mol. The molecule has 0 aromatic heterocycles. The zero-order chi connectivity index (χ0) is 20.2. The van der Waals surface area contributed by atoms with Gasteiger partial charge >= 0.3 is 6.03 Å². The number of rotatable bonds is 6. The molecule has 0 spiro atoms. The van der Waals surface area contributed by atoms with E-state index in [1.54, 1.807) is 11.9 Å². The SMILES string of the molecule is CN(Cc1ccccc1)C(=O)NCCC(=O)Nc1ccc2c3c(cccc13)CC2. The van der Waals surface area contributed by atoms with Gasteiger partial charge in [-0.25, -0.2) is 4.79 Å². The van der Waals surface area contributed by atoms with Crippen LogP contribution < -0.4 is 10.6 Å². The van der Waals surface area contributed by atoms with Crippen molar-refractivity contribution < 1.29 is 9.59 Å². The van der Waals surface area contributed by atoms with Crippen LogP contribution in [0.5, 0.6) is 0 Å². The minimum Gasteiger partial charge on any atom is -0.337 e. The summed E-state index contributed by atoms with van der Waals surface area (Å²) in [4.78, 5) is 26.2. The number of anilines is 1. The molecule has 3 aromatic carbocycles. The van der Waals surface area contributed by atoms with Crippen LogP contribution in [-0.2, 0) is 24.2 Å². The lowest BCUT2D eigenvalue weighted by Crippen LogP contribution is -2.38. The van der Waals surface area contributed by atoms with E-state index >= 15 is 0 Å². The normalized spacial score (nSPS) is 12.0. The van der Waals surface area contributed by atoms with E-state index in [1.165, 1.54) is 16.5 Å². The topological polar surface area (TPSA) is 61.4 Å². The van der Waals surface area contributed by atoms with E-state index in [-0.39, 0.29) is 18.4 Å². The number of carbonyl (C=O) groups excluding carboxylic acids is 2. The highest BCUT2D eigenvalue weighted by Crippen LogP contribution is 2.34. The maximum Gasteiger partial charge on any atom is 0.317 e. The molecule has 0 radical (unpaired) electrons. The summed E-state index contributed by atoms with van der Waals surface area (Å²) in [5.41, 5.74) is 4.60. The van der Waals surface area contributed by atoms with Crippen LogP contribution in [0.25, 0.3) is 10.8 Å². The lowest BCUT2D eigenvalue weighted by Gasteiger charge is -2.18. The Morgan fingerprint density at radius 1 is 0.931 bits per heavy atom. The molecule has 5 nitrogen and oxygen atoms in total. The molecule has 0 heterocycles. The second-order valence-corrected chi connectivity index (χ2v) is 7.48. The lowest BCUT2D eigenvalue weighted by atomic mass is 10.0. The number of hydrogen-bond donors (Lipinski definition) is 2. The maximum absolute atomic E-state index is 12.4. The van der Waals surface area contributed by atoms with Crippen molar-refractivity contribution in [3.05, 3.63) is 77.4 Å². The smallest absolute Gasteiger partial charge is 0.317 e. The number of benzene rings is 3. The van der Waals surface area contributed by atoms with Crippen molar-refractivity contribution in [2.75, 3.05) is 18.9 Å². The standard InChI is InChI=1S/C24H25N3O2/c1-27(16-17-6-3-2-4-7-17)24(29)25-15-14-22(28)26-21-13-12-19-11-10-18-8-5-9-20(21)23(18)19/h2-9,12-13H,10-11,14-16H2,1H3,(H,25,29)(H,26,28). The number of carbonyl (C=O) groups is 2. The summed E-state index contributed by atoms with van der Waals surface area (Å²) in [5, 5.41) is 8.19. The van der Waals surface area contributed by atoms with E-state index < -0.39 is 0 Å². The van der Waals surface area contributed by atoms with Crippen LogP contribution in [0.15, 0.2) is 60.7 Å². The molecule has 0 atom stereocenters. The summed E-state index contributed by atoms with van der Waals surface area (Å²) in [5.74, 6) is -0.102. The van der Waals surface area contributed by atoms with Crippen molar-refractivity contribution in [3.8, 4) is 0 Å². The fraction of sp³-hybridized carbons (Fsp3) is 0.250. The Kier molecular flexibility index (Phi) is 5.47. The van der Waals surface area contributed by atoms with Gasteiger partial charge in [0.05, 0.1) is 0 Å². The number of hydrogen-bond acceptors (Lipinski definition) is 2. The molecule has 29 heavy (non-hydrogen) atoms. The predicted molar refractivity (Wildman–Crippen MR) is 116 cm³/mol. The third-order valence-corrected chi connectivity index (χ3v) is 5.39. The summed E-state index contributed by atoms with van der Waals surface area (Å²) < 4.78 is 0. The van der Waals surface area contributed by atoms with Crippen LogP contribution in [0, 0.1) is 0 Å². The van der Waals surface area contributed by atoms with Crippen LogP contribution >= 0.6 is 0 Å². The van der Waals surface area contributed by atoms with Crippen LogP contribution in [0.2, 0.25) is 0 Å². The quantitative estimate of drug-likeness (QED) is 0.669. The molecule has 148 valence electrons. The molecule has 3 amide bonds. The molecule has 0 saturated carbocycles. The largest absolute Gasteiger partial charge is 0.337 e. The molecule has 1 aliphatic rings. The van der Waals surface area contributed by atoms with Gasteiger partial charge in [-0.05, 0) is 41.0 Å². The Labute approximate surface area is 170 Å². The first-order valence-electron chi connectivity index (χ1n) is 9.98. The zero-order valence-corrected chi connectivity index (χ0v) is 16.6. The Balaban J connectivity index is 1.30. The van der Waals surface area contributed by atoms with Gasteiger partial charge in [0.2, 0.25) is 5.91 Å². The van der Waals surface area contributed by atoms with Crippen molar-refractivity contribution in [3.63, 3.8) is 0 Å². The fourth-order valence-corrected chi connectivity index (χ4v) is 3.92. The van der Waals surface area contributed by atoms with Crippen molar-refractivity contribution in [2.45, 2.75) is 25.8 Å². The third kappa shape index (κ3) is 4.24. The first-order chi connectivity index (χ1) is 14.1. The predicted octanol–water partition coefficient (Wildman–Crippen LogP) is 4.11. The molecule has 2 N–H and O–H groups in total. The summed E-state index contributed by atoms with van der Waals surface area (Å²) in [6.07, 6.45) is 2.35. The van der Waals surface area contributed by atoms with Crippen LogP contribution in [0.3, 0.4) is 0 Å². The number of nitrogens with zero attached hydrogens (tertiary/aromatic N) is 1. The van der Waals surface area contributed by atoms with Gasteiger partial charge in [0.1, 0.15) is 0 Å². The lowest BCUT2D eigenvalue weighted by molar-refractivity contribution is -0.116. The first kappa shape index (κ1) is 19.0. The molecule has 1 aliphatic carbocycles. The Hall–Kier alpha value is -3.34. The molecule has 0 unspecified atom stereocenters. The maximum atomic E-state index is 12.4. The molecule has 5 heteroatoms. The molecule has 4 rings (SSSR count). The number of aryl methyl sites for hydroxylation is 2. The highest BCUT2D eigenvalue weighted by molar-refractivity contribution is 6.05.